The number of aliphatic hydroxyl groups excluding tert-OH is 2. The first-order valence-corrected chi connectivity index (χ1v) is 12.0. The molecule has 2 heterocycles. The van der Waals surface area contributed by atoms with Gasteiger partial charge in [-0.2, -0.15) is 0 Å². The Bertz CT molecular complexity index is 821. The maximum atomic E-state index is 11.0. The summed E-state index contributed by atoms with van der Waals surface area (Å²) in [6.07, 6.45) is 10.4. The van der Waals surface area contributed by atoms with E-state index in [0.717, 1.165) is 50.0 Å². The number of aromatic nitrogens is 1. The second-order valence-corrected chi connectivity index (χ2v) is 10.7. The maximum Gasteiger partial charge on any atom is 0.0859 e. The van der Waals surface area contributed by atoms with E-state index in [1.54, 1.807) is 12.3 Å². The molecule has 2 N–H and O–H groups in total. The van der Waals surface area contributed by atoms with E-state index in [-0.39, 0.29) is 17.4 Å². The van der Waals surface area contributed by atoms with Gasteiger partial charge in [-0.25, -0.2) is 0 Å². The summed E-state index contributed by atoms with van der Waals surface area (Å²) in [5.74, 6) is 0.519. The highest BCUT2D eigenvalue weighted by Crippen LogP contribution is 2.46. The van der Waals surface area contributed by atoms with Gasteiger partial charge in [-0.15, -0.1) is 6.58 Å². The average Bonchev–Trinajstić information content (AvgIpc) is 2.76. The lowest BCUT2D eigenvalue weighted by Crippen LogP contribution is -2.54. The van der Waals surface area contributed by atoms with Crippen molar-refractivity contribution in [3.63, 3.8) is 0 Å². The van der Waals surface area contributed by atoms with Crippen LogP contribution in [-0.2, 0) is 6.61 Å². The Balaban J connectivity index is 2.25. The molecule has 1 aromatic rings. The zero-order chi connectivity index (χ0) is 23.9. The Labute approximate surface area is 195 Å². The van der Waals surface area contributed by atoms with Crippen molar-refractivity contribution < 1.29 is 10.2 Å². The summed E-state index contributed by atoms with van der Waals surface area (Å²) in [7, 11) is 0. The predicted molar refractivity (Wildman–Crippen MR) is 135 cm³/mol. The predicted octanol–water partition coefficient (Wildman–Crippen LogP) is 5.62. The largest absolute Gasteiger partial charge is 0.390 e. The summed E-state index contributed by atoms with van der Waals surface area (Å²) in [4.78, 5) is 6.80. The van der Waals surface area contributed by atoms with Gasteiger partial charge in [0.15, 0.2) is 0 Å². The second-order valence-electron chi connectivity index (χ2n) is 10.7. The highest BCUT2D eigenvalue weighted by Gasteiger charge is 2.45. The summed E-state index contributed by atoms with van der Waals surface area (Å²) in [6, 6.07) is 3.91. The standard InChI is InChI=1S/C28H44N2O2/c1-8-14-28(26(32)9-2)16-23(27(5,6)7)18-30(20-28)17-21(3)12-13-22(4)24-11-10-15-29-25(24)19-31/h9-13,15,23,26,31-32H,2,8,14,16-20H2,1,3-7H3/b21-12+,22-13+. The Morgan fingerprint density at radius 1 is 1.34 bits per heavy atom. The maximum absolute atomic E-state index is 11.0. The van der Waals surface area contributed by atoms with Gasteiger partial charge in [-0.3, -0.25) is 9.88 Å². The molecule has 4 heteroatoms. The topological polar surface area (TPSA) is 56.6 Å². The smallest absolute Gasteiger partial charge is 0.0859 e. The van der Waals surface area contributed by atoms with Crippen molar-refractivity contribution in [3.8, 4) is 0 Å². The molecule has 0 aromatic carbocycles. The summed E-state index contributed by atoms with van der Waals surface area (Å²) in [5.41, 5.74) is 4.12. The normalized spacial score (nSPS) is 24.4. The van der Waals surface area contributed by atoms with Gasteiger partial charge in [0, 0.05) is 36.8 Å². The van der Waals surface area contributed by atoms with E-state index in [0.29, 0.717) is 11.6 Å². The average molecular weight is 441 g/mol. The monoisotopic (exact) mass is 440 g/mol. The molecule has 2 rings (SSSR count). The Morgan fingerprint density at radius 2 is 2.06 bits per heavy atom. The second kappa shape index (κ2) is 11.4. The molecule has 1 aliphatic heterocycles. The number of piperidine rings is 1. The van der Waals surface area contributed by atoms with Crippen LogP contribution < -0.4 is 0 Å². The van der Waals surface area contributed by atoms with E-state index in [9.17, 15) is 10.2 Å². The number of nitrogens with zero attached hydrogens (tertiary/aromatic N) is 2. The van der Waals surface area contributed by atoms with Crippen LogP contribution in [0.25, 0.3) is 5.57 Å². The zero-order valence-corrected chi connectivity index (χ0v) is 21.1. The molecule has 0 radical (unpaired) electrons. The Morgan fingerprint density at radius 3 is 2.66 bits per heavy atom. The third-order valence-electron chi connectivity index (χ3n) is 7.05. The molecule has 0 spiro atoms. The summed E-state index contributed by atoms with van der Waals surface area (Å²) < 4.78 is 0. The van der Waals surface area contributed by atoms with E-state index in [2.05, 4.69) is 70.2 Å². The number of rotatable bonds is 9. The third kappa shape index (κ3) is 6.63. The van der Waals surface area contributed by atoms with E-state index in [1.807, 2.05) is 12.1 Å². The first kappa shape index (κ1) is 26.5. The van der Waals surface area contributed by atoms with Gasteiger partial charge in [0.25, 0.3) is 0 Å². The van der Waals surface area contributed by atoms with Crippen LogP contribution in [0.3, 0.4) is 0 Å². The molecule has 4 nitrogen and oxygen atoms in total. The summed E-state index contributed by atoms with van der Waals surface area (Å²) >= 11 is 0. The van der Waals surface area contributed by atoms with Gasteiger partial charge in [-0.05, 0) is 49.7 Å². The van der Waals surface area contributed by atoms with E-state index in [1.165, 1.54) is 5.57 Å². The molecule has 0 saturated carbocycles. The van der Waals surface area contributed by atoms with Crippen LogP contribution >= 0.6 is 0 Å². The van der Waals surface area contributed by atoms with Crippen molar-refractivity contribution in [3.05, 3.63) is 60.0 Å². The van der Waals surface area contributed by atoms with Crippen LogP contribution in [0.1, 0.15) is 72.1 Å². The molecular formula is C28H44N2O2. The quantitative estimate of drug-likeness (QED) is 0.386. The van der Waals surface area contributed by atoms with Crippen molar-refractivity contribution in [2.24, 2.45) is 16.7 Å². The lowest BCUT2D eigenvalue weighted by molar-refractivity contribution is -0.0559. The van der Waals surface area contributed by atoms with E-state index < -0.39 is 6.10 Å². The van der Waals surface area contributed by atoms with Crippen molar-refractivity contribution in [2.45, 2.75) is 73.5 Å². The van der Waals surface area contributed by atoms with Crippen LogP contribution in [0.4, 0.5) is 0 Å². The van der Waals surface area contributed by atoms with Crippen LogP contribution in [0.2, 0.25) is 0 Å². The van der Waals surface area contributed by atoms with Gasteiger partial charge in [0.05, 0.1) is 18.4 Å². The highest BCUT2D eigenvalue weighted by atomic mass is 16.3. The minimum atomic E-state index is -0.482. The highest BCUT2D eigenvalue weighted by molar-refractivity contribution is 5.66. The summed E-state index contributed by atoms with van der Waals surface area (Å²) in [6.45, 7) is 20.1. The number of hydrogen-bond donors (Lipinski definition) is 2. The van der Waals surface area contributed by atoms with Gasteiger partial charge in [0.2, 0.25) is 0 Å². The van der Waals surface area contributed by atoms with Crippen LogP contribution in [0.15, 0.2) is 48.7 Å². The van der Waals surface area contributed by atoms with Crippen molar-refractivity contribution >= 4 is 5.57 Å². The molecule has 3 unspecified atom stereocenters. The first-order chi connectivity index (χ1) is 15.1. The first-order valence-electron chi connectivity index (χ1n) is 12.0. The lowest BCUT2D eigenvalue weighted by Gasteiger charge is -2.51. The molecule has 1 aliphatic rings. The fourth-order valence-electron chi connectivity index (χ4n) is 5.12. The van der Waals surface area contributed by atoms with Crippen LogP contribution in [0, 0.1) is 16.7 Å². The molecule has 32 heavy (non-hydrogen) atoms. The molecule has 1 fully saturated rings. The van der Waals surface area contributed by atoms with Crippen molar-refractivity contribution in [2.75, 3.05) is 19.6 Å². The molecule has 1 saturated heterocycles. The summed E-state index contributed by atoms with van der Waals surface area (Å²) in [5, 5.41) is 20.5. The minimum Gasteiger partial charge on any atom is -0.390 e. The number of allylic oxidation sites excluding steroid dienone is 3. The molecule has 3 atom stereocenters. The number of hydrogen-bond acceptors (Lipinski definition) is 4. The fourth-order valence-corrected chi connectivity index (χ4v) is 5.12. The molecule has 0 amide bonds. The van der Waals surface area contributed by atoms with Gasteiger partial charge >= 0.3 is 0 Å². The SMILES string of the molecule is C=CC(O)C1(CCC)CC(C(C)(C)C)CN(C/C(C)=C/C=C(\C)c2cccnc2CO)C1. The lowest BCUT2D eigenvalue weighted by atomic mass is 9.63. The van der Waals surface area contributed by atoms with E-state index >= 15 is 0 Å². The zero-order valence-electron chi connectivity index (χ0n) is 21.1. The number of aliphatic hydroxyl groups is 2. The molecular weight excluding hydrogens is 396 g/mol. The van der Waals surface area contributed by atoms with Crippen molar-refractivity contribution in [1.29, 1.82) is 0 Å². The Hall–Kier alpha value is -1.75. The van der Waals surface area contributed by atoms with Gasteiger partial charge < -0.3 is 10.2 Å². The fraction of sp³-hybridized carbons (Fsp3) is 0.607. The molecule has 0 aliphatic carbocycles. The van der Waals surface area contributed by atoms with Crippen molar-refractivity contribution in [1.82, 2.24) is 9.88 Å². The van der Waals surface area contributed by atoms with Gasteiger partial charge in [-0.1, -0.05) is 64.0 Å². The molecule has 0 bridgehead atoms. The molecule has 178 valence electrons. The van der Waals surface area contributed by atoms with Crippen LogP contribution in [-0.4, -0.2) is 45.8 Å². The van der Waals surface area contributed by atoms with Gasteiger partial charge in [0.1, 0.15) is 0 Å². The van der Waals surface area contributed by atoms with Crippen LogP contribution in [0.5, 0.6) is 0 Å². The number of likely N-dealkylation sites (tertiary alicyclic amines) is 1. The molecule has 1 aromatic heterocycles. The Kier molecular flexibility index (Phi) is 9.44. The van der Waals surface area contributed by atoms with E-state index in [4.69, 9.17) is 0 Å². The minimum absolute atomic E-state index is 0.0584. The third-order valence-corrected chi connectivity index (χ3v) is 7.05. The number of pyridine rings is 1.